The summed E-state index contributed by atoms with van der Waals surface area (Å²) in [6, 6.07) is 0.426. The van der Waals surface area contributed by atoms with Crippen LogP contribution in [0.1, 0.15) is 12.8 Å². The zero-order valence-corrected chi connectivity index (χ0v) is 7.79. The van der Waals surface area contributed by atoms with Crippen molar-refractivity contribution < 1.29 is 14.3 Å². The van der Waals surface area contributed by atoms with Gasteiger partial charge in [-0.1, -0.05) is 0 Å². The van der Waals surface area contributed by atoms with Crippen LogP contribution in [0.2, 0.25) is 0 Å². The van der Waals surface area contributed by atoms with Crippen molar-refractivity contribution in [3.8, 4) is 0 Å². The monoisotopic (exact) mass is 185 g/mol. The molecule has 1 heterocycles. The van der Waals surface area contributed by atoms with Crippen molar-refractivity contribution in [3.63, 3.8) is 0 Å². The Morgan fingerprint density at radius 3 is 2.85 bits per heavy atom. The van der Waals surface area contributed by atoms with E-state index < -0.39 is 0 Å². The lowest BCUT2D eigenvalue weighted by molar-refractivity contribution is -0.134. The fraction of sp³-hybridized carbons (Fsp3) is 0.667. The third kappa shape index (κ3) is 3.94. The van der Waals surface area contributed by atoms with E-state index in [-0.39, 0.29) is 5.97 Å². The summed E-state index contributed by atoms with van der Waals surface area (Å²) in [7, 11) is 1.36. The van der Waals surface area contributed by atoms with Gasteiger partial charge >= 0.3 is 5.97 Å². The average molecular weight is 185 g/mol. The van der Waals surface area contributed by atoms with Gasteiger partial charge in [0.15, 0.2) is 0 Å². The number of rotatable bonds is 3. The van der Waals surface area contributed by atoms with Gasteiger partial charge in [0.25, 0.3) is 0 Å². The molecule has 1 fully saturated rings. The van der Waals surface area contributed by atoms with Crippen LogP contribution in [-0.4, -0.2) is 32.3 Å². The van der Waals surface area contributed by atoms with E-state index in [4.69, 9.17) is 4.74 Å². The van der Waals surface area contributed by atoms with Gasteiger partial charge in [0.05, 0.1) is 7.11 Å². The maximum atomic E-state index is 10.7. The zero-order valence-electron chi connectivity index (χ0n) is 7.79. The Labute approximate surface area is 77.9 Å². The Morgan fingerprint density at radius 2 is 2.23 bits per heavy atom. The molecule has 0 radical (unpaired) electrons. The maximum Gasteiger partial charge on any atom is 0.331 e. The third-order valence-corrected chi connectivity index (χ3v) is 1.97. The van der Waals surface area contributed by atoms with Crippen LogP contribution in [-0.2, 0) is 14.3 Å². The van der Waals surface area contributed by atoms with Crippen molar-refractivity contribution in [3.05, 3.63) is 12.3 Å². The number of hydrogen-bond acceptors (Lipinski definition) is 4. The second kappa shape index (κ2) is 5.59. The molecule has 1 aliphatic heterocycles. The summed E-state index contributed by atoms with van der Waals surface area (Å²) in [6.07, 6.45) is 5.01. The number of hydrogen-bond donors (Lipinski definition) is 1. The van der Waals surface area contributed by atoms with Gasteiger partial charge in [-0.25, -0.2) is 4.79 Å². The molecular formula is C9H15NO3. The molecule has 0 unspecified atom stereocenters. The minimum Gasteiger partial charge on any atom is -0.466 e. The van der Waals surface area contributed by atoms with Crippen LogP contribution >= 0.6 is 0 Å². The van der Waals surface area contributed by atoms with E-state index in [1.165, 1.54) is 13.2 Å². The molecule has 0 aliphatic carbocycles. The molecule has 0 spiro atoms. The molecule has 1 rings (SSSR count). The molecule has 13 heavy (non-hydrogen) atoms. The Bertz CT molecular complexity index is 185. The van der Waals surface area contributed by atoms with Crippen molar-refractivity contribution in [2.24, 2.45) is 0 Å². The predicted molar refractivity (Wildman–Crippen MR) is 48.1 cm³/mol. The molecule has 1 saturated heterocycles. The molecule has 0 amide bonds. The molecule has 74 valence electrons. The van der Waals surface area contributed by atoms with Gasteiger partial charge in [-0.2, -0.15) is 0 Å². The molecule has 0 aromatic heterocycles. The highest BCUT2D eigenvalue weighted by Crippen LogP contribution is 2.05. The first-order valence-corrected chi connectivity index (χ1v) is 4.41. The molecular weight excluding hydrogens is 170 g/mol. The van der Waals surface area contributed by atoms with Gasteiger partial charge in [0.1, 0.15) is 0 Å². The van der Waals surface area contributed by atoms with E-state index in [0.717, 1.165) is 26.1 Å². The first-order chi connectivity index (χ1) is 6.33. The summed E-state index contributed by atoms with van der Waals surface area (Å²) < 4.78 is 9.64. The summed E-state index contributed by atoms with van der Waals surface area (Å²) >= 11 is 0. The number of methoxy groups -OCH3 is 1. The van der Waals surface area contributed by atoms with Crippen molar-refractivity contribution in [2.45, 2.75) is 18.9 Å². The minimum atomic E-state index is -0.334. The Balaban J connectivity index is 2.16. The lowest BCUT2D eigenvalue weighted by Crippen LogP contribution is -2.31. The predicted octanol–water partition coefficient (Wildman–Crippen LogP) is 0.442. The molecule has 0 aromatic rings. The second-order valence-electron chi connectivity index (χ2n) is 2.91. The van der Waals surface area contributed by atoms with Crippen LogP contribution in [0.5, 0.6) is 0 Å². The minimum absolute atomic E-state index is 0.334. The van der Waals surface area contributed by atoms with Crippen molar-refractivity contribution in [1.29, 1.82) is 0 Å². The first-order valence-electron chi connectivity index (χ1n) is 4.41. The van der Waals surface area contributed by atoms with E-state index in [0.29, 0.717) is 6.04 Å². The Hall–Kier alpha value is -1.03. The number of esters is 1. The Kier molecular flexibility index (Phi) is 4.32. The largest absolute Gasteiger partial charge is 0.466 e. The highest BCUT2D eigenvalue weighted by Gasteiger charge is 2.10. The quantitative estimate of drug-likeness (QED) is 0.512. The average Bonchev–Trinajstić information content (AvgIpc) is 2.19. The van der Waals surface area contributed by atoms with E-state index in [2.05, 4.69) is 10.1 Å². The number of nitrogens with one attached hydrogen (secondary N) is 1. The van der Waals surface area contributed by atoms with Gasteiger partial charge in [-0.15, -0.1) is 0 Å². The molecule has 4 nitrogen and oxygen atoms in total. The summed E-state index contributed by atoms with van der Waals surface area (Å²) in [6.45, 7) is 1.59. The van der Waals surface area contributed by atoms with Crippen molar-refractivity contribution in [1.82, 2.24) is 5.32 Å². The van der Waals surface area contributed by atoms with Crippen LogP contribution in [0, 0.1) is 0 Å². The summed E-state index contributed by atoms with van der Waals surface area (Å²) in [5.41, 5.74) is 0. The smallest absolute Gasteiger partial charge is 0.331 e. The number of carbonyl (C=O) groups is 1. The summed E-state index contributed by atoms with van der Waals surface area (Å²) in [5.74, 6) is -0.334. The van der Waals surface area contributed by atoms with Crippen LogP contribution in [0.25, 0.3) is 0 Å². The molecule has 4 heteroatoms. The van der Waals surface area contributed by atoms with Crippen LogP contribution in [0.3, 0.4) is 0 Å². The topological polar surface area (TPSA) is 47.6 Å². The maximum absolute atomic E-state index is 10.7. The second-order valence-corrected chi connectivity index (χ2v) is 2.91. The molecule has 0 aromatic carbocycles. The number of carbonyl (C=O) groups excluding carboxylic acids is 1. The van der Waals surface area contributed by atoms with Crippen LogP contribution in [0.15, 0.2) is 12.3 Å². The lowest BCUT2D eigenvalue weighted by atomic mass is 10.1. The van der Waals surface area contributed by atoms with E-state index in [1.54, 1.807) is 6.20 Å². The van der Waals surface area contributed by atoms with E-state index >= 15 is 0 Å². The van der Waals surface area contributed by atoms with Gasteiger partial charge in [0, 0.05) is 31.5 Å². The van der Waals surface area contributed by atoms with E-state index in [1.807, 2.05) is 0 Å². The summed E-state index contributed by atoms with van der Waals surface area (Å²) in [4.78, 5) is 10.7. The SMILES string of the molecule is COC(=O)/C=C/NC1CCOCC1. The Morgan fingerprint density at radius 1 is 1.54 bits per heavy atom. The number of ether oxygens (including phenoxy) is 2. The normalized spacial score (nSPS) is 18.8. The van der Waals surface area contributed by atoms with Crippen molar-refractivity contribution >= 4 is 5.97 Å². The summed E-state index contributed by atoms with van der Waals surface area (Å²) in [5, 5.41) is 3.13. The van der Waals surface area contributed by atoms with Gasteiger partial charge in [0.2, 0.25) is 0 Å². The zero-order chi connectivity index (χ0) is 9.52. The first kappa shape index (κ1) is 10.1. The molecule has 0 atom stereocenters. The van der Waals surface area contributed by atoms with E-state index in [9.17, 15) is 4.79 Å². The lowest BCUT2D eigenvalue weighted by Gasteiger charge is -2.21. The highest BCUT2D eigenvalue weighted by molar-refractivity contribution is 5.81. The molecule has 0 bridgehead atoms. The third-order valence-electron chi connectivity index (χ3n) is 1.97. The highest BCUT2D eigenvalue weighted by atomic mass is 16.5. The van der Waals surface area contributed by atoms with Crippen molar-refractivity contribution in [2.75, 3.05) is 20.3 Å². The fourth-order valence-corrected chi connectivity index (χ4v) is 1.18. The molecule has 1 aliphatic rings. The molecule has 1 N–H and O–H groups in total. The molecule has 0 saturated carbocycles. The van der Waals surface area contributed by atoms with Crippen LogP contribution in [0.4, 0.5) is 0 Å². The fourth-order valence-electron chi connectivity index (χ4n) is 1.18. The van der Waals surface area contributed by atoms with Gasteiger partial charge < -0.3 is 14.8 Å². The standard InChI is InChI=1S/C9H15NO3/c1-12-9(11)2-5-10-8-3-6-13-7-4-8/h2,5,8,10H,3-4,6-7H2,1H3/b5-2+. The van der Waals surface area contributed by atoms with Gasteiger partial charge in [-0.05, 0) is 12.8 Å². The van der Waals surface area contributed by atoms with Gasteiger partial charge in [-0.3, -0.25) is 0 Å². The van der Waals surface area contributed by atoms with Crippen LogP contribution < -0.4 is 5.32 Å².